The summed E-state index contributed by atoms with van der Waals surface area (Å²) >= 11 is 17.8. The highest BCUT2D eigenvalue weighted by atomic mass is 79.9. The molecule has 96 valence electrons. The van der Waals surface area contributed by atoms with Crippen LogP contribution >= 0.6 is 50.5 Å². The topological polar surface area (TPSA) is 0 Å². The molecule has 0 saturated carbocycles. The Bertz CT molecular complexity index is 703. The molecule has 0 radical (unpaired) electrons. The quantitative estimate of drug-likeness (QED) is 0.440. The minimum atomic E-state index is 0.0658. The zero-order chi connectivity index (χ0) is 13.4. The number of benzene rings is 2. The van der Waals surface area contributed by atoms with E-state index in [1.54, 1.807) is 17.4 Å². The maximum Gasteiger partial charge on any atom is 0.0753 e. The summed E-state index contributed by atoms with van der Waals surface area (Å²) in [5.74, 6) is 0. The highest BCUT2D eigenvalue weighted by Crippen LogP contribution is 2.41. The maximum atomic E-state index is 6.26. The minimum absolute atomic E-state index is 0.0658. The molecule has 1 atom stereocenters. The molecule has 0 aliphatic carbocycles. The highest BCUT2D eigenvalue weighted by Gasteiger charge is 2.16. The smallest absolute Gasteiger partial charge is 0.0753 e. The van der Waals surface area contributed by atoms with Gasteiger partial charge in [-0.2, -0.15) is 0 Å². The summed E-state index contributed by atoms with van der Waals surface area (Å²) in [6.07, 6.45) is 0. The molecule has 1 aromatic heterocycles. The van der Waals surface area contributed by atoms with E-state index in [9.17, 15) is 0 Å². The van der Waals surface area contributed by atoms with Crippen molar-refractivity contribution in [2.75, 3.05) is 0 Å². The van der Waals surface area contributed by atoms with Gasteiger partial charge in [-0.15, -0.1) is 11.3 Å². The van der Waals surface area contributed by atoms with Gasteiger partial charge < -0.3 is 0 Å². The van der Waals surface area contributed by atoms with E-state index >= 15 is 0 Å². The number of rotatable bonds is 2. The molecule has 3 rings (SSSR count). The molecule has 19 heavy (non-hydrogen) atoms. The van der Waals surface area contributed by atoms with Crippen molar-refractivity contribution >= 4 is 60.6 Å². The SMILES string of the molecule is Clc1ccc(Cl)c(C(Br)c2cc3ccccc3s2)c1. The Kier molecular flexibility index (Phi) is 3.86. The fraction of sp³-hybridized carbons (Fsp3) is 0.0667. The molecule has 0 N–H and O–H groups in total. The molecule has 4 heteroatoms. The molecule has 0 nitrogen and oxygen atoms in total. The summed E-state index contributed by atoms with van der Waals surface area (Å²) in [7, 11) is 0. The summed E-state index contributed by atoms with van der Waals surface area (Å²) in [5.41, 5.74) is 1.00. The second-order valence-corrected chi connectivity index (χ2v) is 7.09. The lowest BCUT2D eigenvalue weighted by molar-refractivity contribution is 1.23. The van der Waals surface area contributed by atoms with Gasteiger partial charge >= 0.3 is 0 Å². The second-order valence-electron chi connectivity index (χ2n) is 4.21. The van der Waals surface area contributed by atoms with Gasteiger partial charge in [-0.05, 0) is 41.3 Å². The molecule has 1 heterocycles. The Labute approximate surface area is 134 Å². The standard InChI is InChI=1S/C15H9BrCl2S/c16-15(11-8-10(17)5-6-12(11)18)14-7-9-3-1-2-4-13(9)19-14/h1-8,15H. The Balaban J connectivity index is 2.07. The zero-order valence-electron chi connectivity index (χ0n) is 9.74. The molecule has 0 aliphatic rings. The molecule has 3 aromatic rings. The van der Waals surface area contributed by atoms with E-state index in [0.29, 0.717) is 5.02 Å². The van der Waals surface area contributed by atoms with Crippen molar-refractivity contribution in [3.63, 3.8) is 0 Å². The molecule has 0 aliphatic heterocycles. The summed E-state index contributed by atoms with van der Waals surface area (Å²) in [6, 6.07) is 16.1. The third kappa shape index (κ3) is 2.68. The monoisotopic (exact) mass is 370 g/mol. The lowest BCUT2D eigenvalue weighted by Gasteiger charge is -2.10. The van der Waals surface area contributed by atoms with Crippen LogP contribution in [-0.2, 0) is 0 Å². The molecule has 0 bridgehead atoms. The summed E-state index contributed by atoms with van der Waals surface area (Å²) < 4.78 is 1.28. The van der Waals surface area contributed by atoms with Crippen LogP contribution in [0.1, 0.15) is 15.3 Å². The van der Waals surface area contributed by atoms with Crippen LogP contribution in [0.2, 0.25) is 10.0 Å². The predicted molar refractivity (Wildman–Crippen MR) is 89.1 cm³/mol. The van der Waals surface area contributed by atoms with Crippen LogP contribution in [0.5, 0.6) is 0 Å². The average Bonchev–Trinajstić information content (AvgIpc) is 2.84. The van der Waals surface area contributed by atoms with Gasteiger partial charge in [0.15, 0.2) is 0 Å². The molecule has 0 spiro atoms. The number of thiophene rings is 1. The average molecular weight is 372 g/mol. The van der Waals surface area contributed by atoms with Gasteiger partial charge in [0, 0.05) is 19.6 Å². The van der Waals surface area contributed by atoms with Crippen molar-refractivity contribution in [2.45, 2.75) is 4.83 Å². The fourth-order valence-electron chi connectivity index (χ4n) is 1.99. The first kappa shape index (κ1) is 13.4. The van der Waals surface area contributed by atoms with Gasteiger partial charge in [0.05, 0.1) is 4.83 Å². The Morgan fingerprint density at radius 3 is 2.58 bits per heavy atom. The van der Waals surface area contributed by atoms with Crippen LogP contribution in [0.4, 0.5) is 0 Å². The van der Waals surface area contributed by atoms with Crippen LogP contribution in [0.15, 0.2) is 48.5 Å². The first-order valence-electron chi connectivity index (χ1n) is 5.72. The van der Waals surface area contributed by atoms with E-state index in [2.05, 4.69) is 46.3 Å². The third-order valence-electron chi connectivity index (χ3n) is 2.93. The maximum absolute atomic E-state index is 6.26. The van der Waals surface area contributed by atoms with E-state index in [4.69, 9.17) is 23.2 Å². The van der Waals surface area contributed by atoms with Crippen LogP contribution in [-0.4, -0.2) is 0 Å². The molecule has 1 unspecified atom stereocenters. The van der Waals surface area contributed by atoms with Crippen LogP contribution in [0.25, 0.3) is 10.1 Å². The number of fused-ring (bicyclic) bond motifs is 1. The van der Waals surface area contributed by atoms with E-state index in [0.717, 1.165) is 10.6 Å². The zero-order valence-corrected chi connectivity index (χ0v) is 13.7. The van der Waals surface area contributed by atoms with Crippen molar-refractivity contribution in [1.82, 2.24) is 0 Å². The predicted octanol–water partition coefficient (Wildman–Crippen LogP) is 6.69. The summed E-state index contributed by atoms with van der Waals surface area (Å²) in [5, 5.41) is 2.68. The number of halogens is 3. The van der Waals surface area contributed by atoms with Gasteiger partial charge in [-0.1, -0.05) is 57.3 Å². The van der Waals surface area contributed by atoms with Crippen molar-refractivity contribution in [3.8, 4) is 0 Å². The number of hydrogen-bond donors (Lipinski definition) is 0. The van der Waals surface area contributed by atoms with Crippen molar-refractivity contribution in [2.24, 2.45) is 0 Å². The number of alkyl halides is 1. The van der Waals surface area contributed by atoms with Gasteiger partial charge in [0.1, 0.15) is 0 Å². The largest absolute Gasteiger partial charge is 0.139 e. The Morgan fingerprint density at radius 1 is 1.00 bits per heavy atom. The molecule has 0 fully saturated rings. The second kappa shape index (κ2) is 5.45. The van der Waals surface area contributed by atoms with Crippen LogP contribution in [0.3, 0.4) is 0 Å². The minimum Gasteiger partial charge on any atom is -0.139 e. The van der Waals surface area contributed by atoms with E-state index in [1.165, 1.54) is 15.0 Å². The van der Waals surface area contributed by atoms with E-state index in [-0.39, 0.29) is 4.83 Å². The molecular weight excluding hydrogens is 363 g/mol. The highest BCUT2D eigenvalue weighted by molar-refractivity contribution is 9.09. The Morgan fingerprint density at radius 2 is 1.79 bits per heavy atom. The fourth-order valence-corrected chi connectivity index (χ4v) is 4.38. The molecule has 2 aromatic carbocycles. The first-order chi connectivity index (χ1) is 9.15. The van der Waals surface area contributed by atoms with Gasteiger partial charge in [0.2, 0.25) is 0 Å². The lowest BCUT2D eigenvalue weighted by atomic mass is 10.1. The third-order valence-corrected chi connectivity index (χ3v) is 5.98. The van der Waals surface area contributed by atoms with Gasteiger partial charge in [0.25, 0.3) is 0 Å². The van der Waals surface area contributed by atoms with Crippen molar-refractivity contribution in [1.29, 1.82) is 0 Å². The number of hydrogen-bond acceptors (Lipinski definition) is 1. The molecular formula is C15H9BrCl2S. The van der Waals surface area contributed by atoms with Gasteiger partial charge in [-0.25, -0.2) is 0 Å². The summed E-state index contributed by atoms with van der Waals surface area (Å²) in [6.45, 7) is 0. The van der Waals surface area contributed by atoms with Gasteiger partial charge in [-0.3, -0.25) is 0 Å². The van der Waals surface area contributed by atoms with E-state index in [1.807, 2.05) is 12.1 Å². The first-order valence-corrected chi connectivity index (χ1v) is 8.21. The molecule has 0 saturated heterocycles. The molecule has 0 amide bonds. The normalized spacial score (nSPS) is 12.8. The summed E-state index contributed by atoms with van der Waals surface area (Å²) in [4.78, 5) is 1.29. The van der Waals surface area contributed by atoms with Crippen molar-refractivity contribution < 1.29 is 0 Å². The van der Waals surface area contributed by atoms with Crippen LogP contribution < -0.4 is 0 Å². The lowest BCUT2D eigenvalue weighted by Crippen LogP contribution is -1.90. The van der Waals surface area contributed by atoms with E-state index < -0.39 is 0 Å². The van der Waals surface area contributed by atoms with Crippen molar-refractivity contribution in [3.05, 3.63) is 69.0 Å². The van der Waals surface area contributed by atoms with Crippen LogP contribution in [0, 0.1) is 0 Å². The Hall–Kier alpha value is -0.540.